The summed E-state index contributed by atoms with van der Waals surface area (Å²) in [6.45, 7) is 2.18. The summed E-state index contributed by atoms with van der Waals surface area (Å²) in [6.07, 6.45) is 5.83. The highest BCUT2D eigenvalue weighted by Gasteiger charge is 2.22. The normalized spacial score (nSPS) is 24.3. The highest BCUT2D eigenvalue weighted by atomic mass is 16.2. The Kier molecular flexibility index (Phi) is 4.12. The smallest absolute Gasteiger partial charge is 0.271 e. The molecule has 0 spiro atoms. The fraction of sp³-hybridized carbons (Fsp3) is 0.615. The summed E-state index contributed by atoms with van der Waals surface area (Å²) < 4.78 is 0. The summed E-state index contributed by atoms with van der Waals surface area (Å²) in [5, 5.41) is 9.04. The Morgan fingerprint density at radius 2 is 2.11 bits per heavy atom. The molecule has 1 aromatic rings. The van der Waals surface area contributed by atoms with E-state index in [4.69, 9.17) is 0 Å². The van der Waals surface area contributed by atoms with Gasteiger partial charge in [0.15, 0.2) is 0 Å². The fourth-order valence-electron chi connectivity index (χ4n) is 2.42. The Labute approximate surface area is 106 Å². The van der Waals surface area contributed by atoms with E-state index in [9.17, 15) is 9.59 Å². The largest absolute Gasteiger partial charge is 0.348 e. The van der Waals surface area contributed by atoms with Crippen molar-refractivity contribution in [1.29, 1.82) is 0 Å². The van der Waals surface area contributed by atoms with Crippen LogP contribution in [0.5, 0.6) is 0 Å². The minimum absolute atomic E-state index is 0.204. The van der Waals surface area contributed by atoms with E-state index in [0.717, 1.165) is 19.3 Å². The Morgan fingerprint density at radius 1 is 1.33 bits per heavy atom. The molecule has 1 aliphatic carbocycles. The van der Waals surface area contributed by atoms with Crippen LogP contribution in [0.15, 0.2) is 16.9 Å². The number of nitrogens with one attached hydrogen (secondary N) is 2. The standard InChI is InChI=1S/C13H19N3O2/c1-9-5-3-2-4-6-10(9)14-13(18)11-7-8-12(17)16-15-11/h7-10H,2-6H2,1H3,(H,14,18)(H,16,17). The first kappa shape index (κ1) is 12.8. The van der Waals surface area contributed by atoms with Gasteiger partial charge in [-0.3, -0.25) is 9.59 Å². The van der Waals surface area contributed by atoms with Crippen LogP contribution in [-0.2, 0) is 0 Å². The second-order valence-electron chi connectivity index (χ2n) is 5.00. The van der Waals surface area contributed by atoms with Crippen LogP contribution in [-0.4, -0.2) is 22.1 Å². The SMILES string of the molecule is CC1CCCCCC1NC(=O)c1ccc(=O)[nH]n1. The van der Waals surface area contributed by atoms with E-state index in [-0.39, 0.29) is 23.2 Å². The monoisotopic (exact) mass is 249 g/mol. The van der Waals surface area contributed by atoms with Crippen molar-refractivity contribution >= 4 is 5.91 Å². The number of carbonyl (C=O) groups excluding carboxylic acids is 1. The molecule has 1 heterocycles. The minimum Gasteiger partial charge on any atom is -0.348 e. The van der Waals surface area contributed by atoms with Crippen molar-refractivity contribution in [2.75, 3.05) is 0 Å². The van der Waals surface area contributed by atoms with Crippen LogP contribution in [0.4, 0.5) is 0 Å². The molecule has 2 unspecified atom stereocenters. The number of carbonyl (C=O) groups is 1. The average Bonchev–Trinajstić information content (AvgIpc) is 2.56. The van der Waals surface area contributed by atoms with Gasteiger partial charge in [0.05, 0.1) is 0 Å². The number of rotatable bonds is 2. The van der Waals surface area contributed by atoms with Gasteiger partial charge >= 0.3 is 0 Å². The zero-order valence-electron chi connectivity index (χ0n) is 10.6. The van der Waals surface area contributed by atoms with Crippen molar-refractivity contribution in [1.82, 2.24) is 15.5 Å². The molecular weight excluding hydrogens is 230 g/mol. The molecule has 1 aliphatic rings. The summed E-state index contributed by atoms with van der Waals surface area (Å²) in [6, 6.07) is 2.99. The van der Waals surface area contributed by atoms with Crippen LogP contribution in [0.2, 0.25) is 0 Å². The van der Waals surface area contributed by atoms with E-state index < -0.39 is 0 Å². The van der Waals surface area contributed by atoms with E-state index in [1.54, 1.807) is 0 Å². The van der Waals surface area contributed by atoms with Gasteiger partial charge in [0.2, 0.25) is 0 Å². The summed E-state index contributed by atoms with van der Waals surface area (Å²) in [7, 11) is 0. The first-order valence-electron chi connectivity index (χ1n) is 6.53. The van der Waals surface area contributed by atoms with E-state index in [2.05, 4.69) is 22.4 Å². The van der Waals surface area contributed by atoms with E-state index in [1.165, 1.54) is 25.0 Å². The zero-order chi connectivity index (χ0) is 13.0. The summed E-state index contributed by atoms with van der Waals surface area (Å²) in [5.74, 6) is 0.296. The highest BCUT2D eigenvalue weighted by molar-refractivity contribution is 5.92. The average molecular weight is 249 g/mol. The number of hydrogen-bond donors (Lipinski definition) is 2. The molecule has 5 nitrogen and oxygen atoms in total. The molecule has 98 valence electrons. The van der Waals surface area contributed by atoms with Gasteiger partial charge in [-0.15, -0.1) is 0 Å². The van der Waals surface area contributed by atoms with Crippen molar-refractivity contribution in [3.05, 3.63) is 28.2 Å². The molecule has 2 atom stereocenters. The maximum atomic E-state index is 12.0. The molecule has 0 radical (unpaired) electrons. The molecule has 1 fully saturated rings. The molecule has 0 saturated heterocycles. The lowest BCUT2D eigenvalue weighted by Gasteiger charge is -2.22. The Balaban J connectivity index is 2.01. The van der Waals surface area contributed by atoms with Gasteiger partial charge in [-0.05, 0) is 24.8 Å². The number of nitrogens with zero attached hydrogens (tertiary/aromatic N) is 1. The predicted molar refractivity (Wildman–Crippen MR) is 68.4 cm³/mol. The third kappa shape index (κ3) is 3.18. The van der Waals surface area contributed by atoms with Gasteiger partial charge in [0.25, 0.3) is 11.5 Å². The van der Waals surface area contributed by atoms with Gasteiger partial charge < -0.3 is 5.32 Å². The van der Waals surface area contributed by atoms with E-state index in [1.807, 2.05) is 0 Å². The van der Waals surface area contributed by atoms with Crippen molar-refractivity contribution in [2.45, 2.75) is 45.1 Å². The van der Waals surface area contributed by atoms with Crippen molar-refractivity contribution in [3.63, 3.8) is 0 Å². The van der Waals surface area contributed by atoms with E-state index in [0.29, 0.717) is 5.92 Å². The maximum Gasteiger partial charge on any atom is 0.271 e. The molecule has 5 heteroatoms. The third-order valence-corrected chi connectivity index (χ3v) is 3.59. The molecule has 0 aromatic carbocycles. The van der Waals surface area contributed by atoms with Gasteiger partial charge in [0, 0.05) is 12.1 Å². The minimum atomic E-state index is -0.297. The first-order chi connectivity index (χ1) is 8.66. The Morgan fingerprint density at radius 3 is 2.83 bits per heavy atom. The van der Waals surface area contributed by atoms with Crippen molar-refractivity contribution in [2.24, 2.45) is 5.92 Å². The van der Waals surface area contributed by atoms with Crippen molar-refractivity contribution < 1.29 is 4.79 Å². The number of aromatic nitrogens is 2. The van der Waals surface area contributed by atoms with Crippen LogP contribution in [0.3, 0.4) is 0 Å². The van der Waals surface area contributed by atoms with Gasteiger partial charge in [-0.2, -0.15) is 5.10 Å². The van der Waals surface area contributed by atoms with Gasteiger partial charge in [-0.25, -0.2) is 5.10 Å². The molecule has 1 amide bonds. The second-order valence-corrected chi connectivity index (χ2v) is 5.00. The lowest BCUT2D eigenvalue weighted by molar-refractivity contribution is 0.0915. The second kappa shape index (κ2) is 5.80. The summed E-state index contributed by atoms with van der Waals surface area (Å²) in [4.78, 5) is 22.9. The molecule has 2 rings (SSSR count). The molecule has 0 bridgehead atoms. The summed E-state index contributed by atoms with van der Waals surface area (Å²) >= 11 is 0. The number of amides is 1. The molecule has 2 N–H and O–H groups in total. The lowest BCUT2D eigenvalue weighted by Crippen LogP contribution is -2.39. The topological polar surface area (TPSA) is 74.8 Å². The first-order valence-corrected chi connectivity index (χ1v) is 6.53. The zero-order valence-corrected chi connectivity index (χ0v) is 10.6. The van der Waals surface area contributed by atoms with Crippen LogP contribution in [0.1, 0.15) is 49.5 Å². The van der Waals surface area contributed by atoms with Gasteiger partial charge in [0.1, 0.15) is 5.69 Å². The highest BCUT2D eigenvalue weighted by Crippen LogP contribution is 2.23. The third-order valence-electron chi connectivity index (χ3n) is 3.59. The number of aromatic amines is 1. The Hall–Kier alpha value is -1.65. The molecule has 0 aliphatic heterocycles. The quantitative estimate of drug-likeness (QED) is 0.779. The van der Waals surface area contributed by atoms with Gasteiger partial charge in [-0.1, -0.05) is 26.2 Å². The molecule has 1 saturated carbocycles. The Bertz CT molecular complexity index is 449. The summed E-state index contributed by atoms with van der Waals surface area (Å²) in [5.41, 5.74) is -0.0274. The number of hydrogen-bond acceptors (Lipinski definition) is 3. The lowest BCUT2D eigenvalue weighted by atomic mass is 9.97. The fourth-order valence-corrected chi connectivity index (χ4v) is 2.42. The molecule has 18 heavy (non-hydrogen) atoms. The maximum absolute atomic E-state index is 12.0. The molecular formula is C13H19N3O2. The molecule has 1 aromatic heterocycles. The predicted octanol–water partition coefficient (Wildman–Crippen LogP) is 1.47. The van der Waals surface area contributed by atoms with Crippen LogP contribution in [0, 0.1) is 5.92 Å². The van der Waals surface area contributed by atoms with E-state index >= 15 is 0 Å². The number of H-pyrrole nitrogens is 1. The van der Waals surface area contributed by atoms with Crippen molar-refractivity contribution in [3.8, 4) is 0 Å². The van der Waals surface area contributed by atoms with Crippen LogP contribution < -0.4 is 10.9 Å². The van der Waals surface area contributed by atoms with Crippen LogP contribution >= 0.6 is 0 Å². The van der Waals surface area contributed by atoms with Crippen LogP contribution in [0.25, 0.3) is 0 Å².